The highest BCUT2D eigenvalue weighted by Crippen LogP contribution is 2.31. The van der Waals surface area contributed by atoms with E-state index in [0.717, 1.165) is 32.2 Å². The standard InChI is InChI=1S/C23H27N3O2/c1-16-7-9-17(10-8-16)21-6-3-13-26(21)15-22(27)24-20-5-2-4-18(14-20)23(28)25-19-11-12-19/h2,4-5,7-10,14,19,21H,3,6,11-13,15H2,1H3,(H,24,27)(H,25,28). The van der Waals surface area contributed by atoms with Crippen molar-refractivity contribution in [3.63, 3.8) is 0 Å². The Morgan fingerprint density at radius 1 is 1.07 bits per heavy atom. The lowest BCUT2D eigenvalue weighted by Gasteiger charge is -2.24. The molecule has 1 saturated carbocycles. The smallest absolute Gasteiger partial charge is 0.251 e. The monoisotopic (exact) mass is 377 g/mol. The summed E-state index contributed by atoms with van der Waals surface area (Å²) in [6, 6.07) is 16.4. The SMILES string of the molecule is Cc1ccc(C2CCCN2CC(=O)Nc2cccc(C(=O)NC3CC3)c2)cc1. The summed E-state index contributed by atoms with van der Waals surface area (Å²) >= 11 is 0. The number of carbonyl (C=O) groups excluding carboxylic acids is 2. The van der Waals surface area contributed by atoms with E-state index in [9.17, 15) is 9.59 Å². The van der Waals surface area contributed by atoms with Gasteiger partial charge in [0.05, 0.1) is 6.54 Å². The molecule has 146 valence electrons. The van der Waals surface area contributed by atoms with E-state index in [0.29, 0.717) is 29.9 Å². The van der Waals surface area contributed by atoms with E-state index in [4.69, 9.17) is 0 Å². The Morgan fingerprint density at radius 3 is 2.61 bits per heavy atom. The molecule has 0 bridgehead atoms. The number of amides is 2. The Balaban J connectivity index is 1.37. The first kappa shape index (κ1) is 18.7. The summed E-state index contributed by atoms with van der Waals surface area (Å²) in [7, 11) is 0. The van der Waals surface area contributed by atoms with Gasteiger partial charge in [0.2, 0.25) is 5.91 Å². The Morgan fingerprint density at radius 2 is 1.86 bits per heavy atom. The molecule has 2 aromatic rings. The third-order valence-corrected chi connectivity index (χ3v) is 5.49. The third-order valence-electron chi connectivity index (χ3n) is 5.49. The second-order valence-corrected chi connectivity index (χ2v) is 7.92. The fraction of sp³-hybridized carbons (Fsp3) is 0.391. The fourth-order valence-electron chi connectivity index (χ4n) is 3.80. The van der Waals surface area contributed by atoms with Gasteiger partial charge in [-0.2, -0.15) is 0 Å². The molecule has 1 unspecified atom stereocenters. The number of likely N-dealkylation sites (tertiary alicyclic amines) is 1. The minimum Gasteiger partial charge on any atom is -0.349 e. The van der Waals surface area contributed by atoms with Gasteiger partial charge in [-0.15, -0.1) is 0 Å². The molecule has 2 aromatic carbocycles. The molecular weight excluding hydrogens is 350 g/mol. The fourth-order valence-corrected chi connectivity index (χ4v) is 3.80. The molecule has 2 fully saturated rings. The zero-order valence-corrected chi connectivity index (χ0v) is 16.3. The number of aryl methyl sites for hydroxylation is 1. The lowest BCUT2D eigenvalue weighted by molar-refractivity contribution is -0.117. The highest BCUT2D eigenvalue weighted by Gasteiger charge is 2.27. The molecule has 2 N–H and O–H groups in total. The molecule has 1 saturated heterocycles. The maximum absolute atomic E-state index is 12.6. The van der Waals surface area contributed by atoms with Gasteiger partial charge in [0.25, 0.3) is 5.91 Å². The first-order chi connectivity index (χ1) is 13.6. The number of rotatable bonds is 6. The van der Waals surface area contributed by atoms with Crippen LogP contribution in [0.15, 0.2) is 48.5 Å². The van der Waals surface area contributed by atoms with Crippen molar-refractivity contribution in [1.82, 2.24) is 10.2 Å². The summed E-state index contributed by atoms with van der Waals surface area (Å²) in [4.78, 5) is 27.1. The maximum atomic E-state index is 12.6. The van der Waals surface area contributed by atoms with E-state index in [1.807, 2.05) is 12.1 Å². The van der Waals surface area contributed by atoms with Gasteiger partial charge in [0.1, 0.15) is 0 Å². The zero-order valence-electron chi connectivity index (χ0n) is 16.3. The van der Waals surface area contributed by atoms with Gasteiger partial charge in [-0.25, -0.2) is 0 Å². The normalized spacial score (nSPS) is 19.4. The summed E-state index contributed by atoms with van der Waals surface area (Å²) < 4.78 is 0. The Hall–Kier alpha value is -2.66. The van der Waals surface area contributed by atoms with E-state index < -0.39 is 0 Å². The average molecular weight is 377 g/mol. The predicted molar refractivity (Wildman–Crippen MR) is 110 cm³/mol. The quantitative estimate of drug-likeness (QED) is 0.808. The Kier molecular flexibility index (Phi) is 5.44. The Labute approximate surface area is 166 Å². The topological polar surface area (TPSA) is 61.4 Å². The number of benzene rings is 2. The van der Waals surface area contributed by atoms with Crippen LogP contribution >= 0.6 is 0 Å². The van der Waals surface area contributed by atoms with Crippen molar-refractivity contribution in [3.8, 4) is 0 Å². The molecule has 2 aliphatic rings. The van der Waals surface area contributed by atoms with Gasteiger partial charge in [0, 0.05) is 23.3 Å². The van der Waals surface area contributed by atoms with Crippen LogP contribution in [0, 0.1) is 6.92 Å². The van der Waals surface area contributed by atoms with Crippen LogP contribution in [0.5, 0.6) is 0 Å². The van der Waals surface area contributed by atoms with Gasteiger partial charge < -0.3 is 10.6 Å². The minimum atomic E-state index is -0.0717. The first-order valence-electron chi connectivity index (χ1n) is 10.1. The molecule has 2 amide bonds. The second kappa shape index (κ2) is 8.15. The van der Waals surface area contributed by atoms with E-state index >= 15 is 0 Å². The number of hydrogen-bond donors (Lipinski definition) is 2. The molecule has 4 rings (SSSR count). The average Bonchev–Trinajstić information content (AvgIpc) is 3.38. The van der Waals surface area contributed by atoms with E-state index in [-0.39, 0.29) is 11.8 Å². The van der Waals surface area contributed by atoms with Gasteiger partial charge in [-0.3, -0.25) is 14.5 Å². The summed E-state index contributed by atoms with van der Waals surface area (Å²) in [5.74, 6) is -0.115. The van der Waals surface area contributed by atoms with Crippen molar-refractivity contribution in [2.45, 2.75) is 44.7 Å². The van der Waals surface area contributed by atoms with Crippen LogP contribution in [0.2, 0.25) is 0 Å². The van der Waals surface area contributed by atoms with Crippen LogP contribution in [0.1, 0.15) is 53.2 Å². The number of nitrogens with zero attached hydrogens (tertiary/aromatic N) is 1. The molecule has 0 radical (unpaired) electrons. The Bertz CT molecular complexity index is 858. The summed E-state index contributed by atoms with van der Waals surface area (Å²) in [6.07, 6.45) is 4.29. The number of hydrogen-bond acceptors (Lipinski definition) is 3. The molecule has 1 aliphatic carbocycles. The lowest BCUT2D eigenvalue weighted by atomic mass is 10.0. The molecular formula is C23H27N3O2. The van der Waals surface area contributed by atoms with Gasteiger partial charge in [0.15, 0.2) is 0 Å². The van der Waals surface area contributed by atoms with Crippen LogP contribution in [0.4, 0.5) is 5.69 Å². The second-order valence-electron chi connectivity index (χ2n) is 7.92. The van der Waals surface area contributed by atoms with E-state index in [2.05, 4.69) is 46.7 Å². The summed E-state index contributed by atoms with van der Waals surface area (Å²) in [5.41, 5.74) is 3.77. The van der Waals surface area contributed by atoms with Crippen LogP contribution in [0.3, 0.4) is 0 Å². The lowest BCUT2D eigenvalue weighted by Crippen LogP contribution is -2.33. The van der Waals surface area contributed by atoms with E-state index in [1.54, 1.807) is 12.1 Å². The predicted octanol–water partition coefficient (Wildman–Crippen LogP) is 3.66. The van der Waals surface area contributed by atoms with Gasteiger partial charge in [-0.1, -0.05) is 35.9 Å². The third kappa shape index (κ3) is 4.60. The summed E-state index contributed by atoms with van der Waals surface area (Å²) in [5, 5.41) is 5.93. The number of nitrogens with one attached hydrogen (secondary N) is 2. The van der Waals surface area contributed by atoms with Crippen LogP contribution in [0.25, 0.3) is 0 Å². The van der Waals surface area contributed by atoms with Crippen molar-refractivity contribution < 1.29 is 9.59 Å². The molecule has 28 heavy (non-hydrogen) atoms. The van der Waals surface area contributed by atoms with Crippen LogP contribution in [-0.2, 0) is 4.79 Å². The highest BCUT2D eigenvalue weighted by molar-refractivity contribution is 5.97. The van der Waals surface area contributed by atoms with Crippen LogP contribution in [-0.4, -0.2) is 35.8 Å². The van der Waals surface area contributed by atoms with Crippen LogP contribution < -0.4 is 10.6 Å². The van der Waals surface area contributed by atoms with Crippen molar-refractivity contribution in [2.75, 3.05) is 18.4 Å². The van der Waals surface area contributed by atoms with Gasteiger partial charge in [-0.05, 0) is 62.9 Å². The molecule has 0 spiro atoms. The number of anilines is 1. The molecule has 5 nitrogen and oxygen atoms in total. The maximum Gasteiger partial charge on any atom is 0.251 e. The van der Waals surface area contributed by atoms with Crippen molar-refractivity contribution in [2.24, 2.45) is 0 Å². The largest absolute Gasteiger partial charge is 0.349 e. The first-order valence-corrected chi connectivity index (χ1v) is 10.1. The molecule has 1 heterocycles. The van der Waals surface area contributed by atoms with Gasteiger partial charge >= 0.3 is 0 Å². The van der Waals surface area contributed by atoms with Crippen molar-refractivity contribution in [3.05, 3.63) is 65.2 Å². The zero-order chi connectivity index (χ0) is 19.5. The molecule has 1 atom stereocenters. The van der Waals surface area contributed by atoms with Crippen molar-refractivity contribution >= 4 is 17.5 Å². The van der Waals surface area contributed by atoms with E-state index in [1.165, 1.54) is 11.1 Å². The molecule has 1 aliphatic heterocycles. The minimum absolute atomic E-state index is 0.0428. The summed E-state index contributed by atoms with van der Waals surface area (Å²) in [6.45, 7) is 3.37. The van der Waals surface area contributed by atoms with Crippen molar-refractivity contribution in [1.29, 1.82) is 0 Å². The molecule has 5 heteroatoms. The molecule has 0 aromatic heterocycles. The highest BCUT2D eigenvalue weighted by atomic mass is 16.2. The number of carbonyl (C=O) groups is 2.